The molecule has 0 bridgehead atoms. The minimum absolute atomic E-state index is 0.00756. The lowest BCUT2D eigenvalue weighted by atomic mass is 10.1. The Morgan fingerprint density at radius 2 is 1.86 bits per heavy atom. The third-order valence-corrected chi connectivity index (χ3v) is 5.28. The summed E-state index contributed by atoms with van der Waals surface area (Å²) in [4.78, 5) is 28.4. The molecule has 2 aromatic carbocycles. The minimum Gasteiger partial charge on any atom is -0.482 e. The molecule has 0 unspecified atom stereocenters. The molecule has 0 radical (unpaired) electrons. The summed E-state index contributed by atoms with van der Waals surface area (Å²) < 4.78 is 5.35. The number of rotatable bonds is 4. The van der Waals surface area contributed by atoms with Crippen LogP contribution in [0.2, 0.25) is 0 Å². The van der Waals surface area contributed by atoms with Gasteiger partial charge in [0.2, 0.25) is 0 Å². The Morgan fingerprint density at radius 1 is 1.11 bits per heavy atom. The van der Waals surface area contributed by atoms with Gasteiger partial charge in [-0.05, 0) is 55.2 Å². The largest absolute Gasteiger partial charge is 0.482 e. The van der Waals surface area contributed by atoms with Crippen molar-refractivity contribution >= 4 is 23.2 Å². The molecule has 4 rings (SSSR count). The first kappa shape index (κ1) is 18.3. The number of carbonyl (C=O) groups excluding carboxylic acids is 2. The lowest BCUT2D eigenvalue weighted by Gasteiger charge is -2.29. The molecule has 6 nitrogen and oxygen atoms in total. The Morgan fingerprint density at radius 3 is 2.61 bits per heavy atom. The summed E-state index contributed by atoms with van der Waals surface area (Å²) in [5.41, 5.74) is 3.41. The second-order valence-corrected chi connectivity index (χ2v) is 7.42. The Kier molecular flexibility index (Phi) is 5.19. The summed E-state index contributed by atoms with van der Waals surface area (Å²) in [5.74, 6) is 0.286. The van der Waals surface area contributed by atoms with Gasteiger partial charge in [-0.2, -0.15) is 0 Å². The van der Waals surface area contributed by atoms with E-state index in [0.717, 1.165) is 18.7 Å². The molecule has 1 saturated heterocycles. The molecule has 2 aliphatic heterocycles. The van der Waals surface area contributed by atoms with E-state index in [1.54, 1.807) is 30.1 Å². The number of nitrogens with one attached hydrogen (secondary N) is 1. The van der Waals surface area contributed by atoms with Crippen LogP contribution in [0.4, 0.5) is 11.4 Å². The fourth-order valence-corrected chi connectivity index (χ4v) is 3.75. The molecule has 6 heteroatoms. The van der Waals surface area contributed by atoms with Gasteiger partial charge in [-0.25, -0.2) is 0 Å². The molecule has 2 amide bonds. The van der Waals surface area contributed by atoms with Crippen molar-refractivity contribution in [2.75, 3.05) is 37.0 Å². The van der Waals surface area contributed by atoms with Gasteiger partial charge in [-0.15, -0.1) is 0 Å². The molecule has 2 aliphatic rings. The zero-order valence-electron chi connectivity index (χ0n) is 16.1. The molecular formula is C22H25N3O3. The van der Waals surface area contributed by atoms with Crippen molar-refractivity contribution in [1.29, 1.82) is 0 Å². The van der Waals surface area contributed by atoms with Crippen molar-refractivity contribution in [3.63, 3.8) is 0 Å². The molecule has 1 N–H and O–H groups in total. The first-order chi connectivity index (χ1) is 13.6. The van der Waals surface area contributed by atoms with Crippen LogP contribution in [0.25, 0.3) is 0 Å². The van der Waals surface area contributed by atoms with Crippen LogP contribution >= 0.6 is 0 Å². The maximum Gasteiger partial charge on any atom is 0.262 e. The number of piperidine rings is 1. The zero-order valence-corrected chi connectivity index (χ0v) is 16.1. The molecule has 0 saturated carbocycles. The van der Waals surface area contributed by atoms with E-state index in [4.69, 9.17) is 4.74 Å². The van der Waals surface area contributed by atoms with Crippen LogP contribution in [0, 0.1) is 0 Å². The molecule has 0 aliphatic carbocycles. The second kappa shape index (κ2) is 7.92. The molecular weight excluding hydrogens is 354 g/mol. The average Bonchev–Trinajstić information content (AvgIpc) is 2.73. The lowest BCUT2D eigenvalue weighted by Crippen LogP contribution is -2.29. The van der Waals surface area contributed by atoms with Crippen LogP contribution in [0.5, 0.6) is 5.75 Å². The normalized spacial score (nSPS) is 16.0. The quantitative estimate of drug-likeness (QED) is 0.886. The number of carbonyl (C=O) groups is 2. The van der Waals surface area contributed by atoms with Gasteiger partial charge in [-0.1, -0.05) is 12.1 Å². The number of amides is 2. The van der Waals surface area contributed by atoms with Crippen LogP contribution in [-0.4, -0.2) is 43.5 Å². The SMILES string of the molecule is CN(Cc1ccc(N2CCCCC2)cc1)C(=O)c1ccc2c(c1)NC(=O)CO2. The van der Waals surface area contributed by atoms with E-state index in [1.807, 2.05) is 0 Å². The van der Waals surface area contributed by atoms with E-state index >= 15 is 0 Å². The smallest absolute Gasteiger partial charge is 0.262 e. The number of fused-ring (bicyclic) bond motifs is 1. The highest BCUT2D eigenvalue weighted by Crippen LogP contribution is 2.29. The topological polar surface area (TPSA) is 61.9 Å². The standard InChI is InChI=1S/C22H25N3O3/c1-24(14-16-5-8-18(9-6-16)25-11-3-2-4-12-25)22(27)17-7-10-20-19(13-17)23-21(26)15-28-20/h5-10,13H,2-4,11-12,14-15H2,1H3,(H,23,26). The third-order valence-electron chi connectivity index (χ3n) is 5.28. The molecule has 2 aromatic rings. The van der Waals surface area contributed by atoms with E-state index in [-0.39, 0.29) is 18.4 Å². The summed E-state index contributed by atoms with van der Waals surface area (Å²) in [6.45, 7) is 2.78. The van der Waals surface area contributed by atoms with Gasteiger partial charge < -0.3 is 19.9 Å². The summed E-state index contributed by atoms with van der Waals surface area (Å²) in [6.07, 6.45) is 3.83. The predicted octanol–water partition coefficient (Wildman–Crippen LogP) is 3.28. The van der Waals surface area contributed by atoms with Crippen LogP contribution in [-0.2, 0) is 11.3 Å². The molecule has 146 valence electrons. The number of anilines is 2. The Balaban J connectivity index is 1.41. The van der Waals surface area contributed by atoms with E-state index in [1.165, 1.54) is 24.9 Å². The van der Waals surface area contributed by atoms with Crippen LogP contribution in [0.15, 0.2) is 42.5 Å². The van der Waals surface area contributed by atoms with Crippen molar-refractivity contribution in [3.05, 3.63) is 53.6 Å². The first-order valence-corrected chi connectivity index (χ1v) is 9.76. The summed E-state index contributed by atoms with van der Waals surface area (Å²) in [7, 11) is 1.79. The second-order valence-electron chi connectivity index (χ2n) is 7.42. The van der Waals surface area contributed by atoms with Gasteiger partial charge in [-0.3, -0.25) is 9.59 Å². The highest BCUT2D eigenvalue weighted by Gasteiger charge is 2.19. The van der Waals surface area contributed by atoms with E-state index in [2.05, 4.69) is 34.5 Å². The van der Waals surface area contributed by atoms with E-state index < -0.39 is 0 Å². The number of benzene rings is 2. The van der Waals surface area contributed by atoms with E-state index in [0.29, 0.717) is 23.5 Å². The van der Waals surface area contributed by atoms with Gasteiger partial charge in [0.05, 0.1) is 5.69 Å². The third kappa shape index (κ3) is 3.96. The summed E-state index contributed by atoms with van der Waals surface area (Å²) in [6, 6.07) is 13.6. The van der Waals surface area contributed by atoms with Crippen molar-refractivity contribution in [2.24, 2.45) is 0 Å². The molecule has 28 heavy (non-hydrogen) atoms. The van der Waals surface area contributed by atoms with Crippen molar-refractivity contribution in [3.8, 4) is 5.75 Å². The maximum absolute atomic E-state index is 12.8. The highest BCUT2D eigenvalue weighted by molar-refractivity contribution is 5.99. The van der Waals surface area contributed by atoms with E-state index in [9.17, 15) is 9.59 Å². The van der Waals surface area contributed by atoms with Crippen LogP contribution < -0.4 is 15.0 Å². The lowest BCUT2D eigenvalue weighted by molar-refractivity contribution is -0.118. The monoisotopic (exact) mass is 379 g/mol. The molecule has 0 spiro atoms. The van der Waals surface area contributed by atoms with Gasteiger partial charge >= 0.3 is 0 Å². The Hall–Kier alpha value is -3.02. The molecule has 2 heterocycles. The summed E-state index contributed by atoms with van der Waals surface area (Å²) >= 11 is 0. The molecule has 0 aromatic heterocycles. The Labute approximate surface area is 165 Å². The summed E-state index contributed by atoms with van der Waals surface area (Å²) in [5, 5.41) is 2.74. The number of hydrogen-bond donors (Lipinski definition) is 1. The van der Waals surface area contributed by atoms with Crippen molar-refractivity contribution < 1.29 is 14.3 Å². The Bertz CT molecular complexity index is 873. The molecule has 1 fully saturated rings. The van der Waals surface area contributed by atoms with Gasteiger partial charge in [0.1, 0.15) is 5.75 Å². The minimum atomic E-state index is -0.209. The van der Waals surface area contributed by atoms with Crippen molar-refractivity contribution in [2.45, 2.75) is 25.8 Å². The first-order valence-electron chi connectivity index (χ1n) is 9.76. The predicted molar refractivity (Wildman–Crippen MR) is 109 cm³/mol. The van der Waals surface area contributed by atoms with Gasteiger partial charge in [0, 0.05) is 37.9 Å². The van der Waals surface area contributed by atoms with Gasteiger partial charge in [0.25, 0.3) is 11.8 Å². The van der Waals surface area contributed by atoms with Crippen molar-refractivity contribution in [1.82, 2.24) is 4.90 Å². The maximum atomic E-state index is 12.8. The number of ether oxygens (including phenoxy) is 1. The average molecular weight is 379 g/mol. The zero-order chi connectivity index (χ0) is 19.5. The molecule has 0 atom stereocenters. The van der Waals surface area contributed by atoms with Crippen LogP contribution in [0.1, 0.15) is 35.2 Å². The number of hydrogen-bond acceptors (Lipinski definition) is 4. The highest BCUT2D eigenvalue weighted by atomic mass is 16.5. The van der Waals surface area contributed by atoms with Gasteiger partial charge in [0.15, 0.2) is 6.61 Å². The number of nitrogens with zero attached hydrogens (tertiary/aromatic N) is 2. The van der Waals surface area contributed by atoms with Crippen LogP contribution in [0.3, 0.4) is 0 Å². The fraction of sp³-hybridized carbons (Fsp3) is 0.364. The fourth-order valence-electron chi connectivity index (χ4n) is 3.75.